The zero-order valence-corrected chi connectivity index (χ0v) is 21.3. The SMILES string of the molecule is CCC1CN(c2nc(N)c(C(=O)NC)nc2Cl)CCN1C1CCN(Cc2ccc(Cl)cc2)CC1. The highest BCUT2D eigenvalue weighted by Gasteiger charge is 2.34. The van der Waals surface area contributed by atoms with E-state index in [0.717, 1.165) is 50.7 Å². The Morgan fingerprint density at radius 1 is 1.12 bits per heavy atom. The molecule has 3 N–H and O–H groups in total. The maximum Gasteiger partial charge on any atom is 0.273 e. The molecule has 0 bridgehead atoms. The largest absolute Gasteiger partial charge is 0.382 e. The molecule has 10 heteroatoms. The van der Waals surface area contributed by atoms with Crippen molar-refractivity contribution in [3.8, 4) is 0 Å². The fourth-order valence-corrected chi connectivity index (χ4v) is 5.44. The first-order valence-electron chi connectivity index (χ1n) is 11.9. The number of likely N-dealkylation sites (tertiary alicyclic amines) is 1. The third-order valence-electron chi connectivity index (χ3n) is 6.95. The smallest absolute Gasteiger partial charge is 0.273 e. The summed E-state index contributed by atoms with van der Waals surface area (Å²) >= 11 is 12.4. The lowest BCUT2D eigenvalue weighted by molar-refractivity contribution is 0.0610. The molecule has 1 aromatic heterocycles. The van der Waals surface area contributed by atoms with Crippen molar-refractivity contribution in [2.75, 3.05) is 50.4 Å². The summed E-state index contributed by atoms with van der Waals surface area (Å²) in [5.74, 6) is 0.266. The van der Waals surface area contributed by atoms with Gasteiger partial charge in [-0.25, -0.2) is 9.97 Å². The summed E-state index contributed by atoms with van der Waals surface area (Å²) in [5, 5.41) is 3.51. The van der Waals surface area contributed by atoms with Gasteiger partial charge in [-0.05, 0) is 50.0 Å². The number of anilines is 2. The average molecular weight is 506 g/mol. The van der Waals surface area contributed by atoms with Crippen LogP contribution in [-0.2, 0) is 6.54 Å². The van der Waals surface area contributed by atoms with Gasteiger partial charge in [0, 0.05) is 50.3 Å². The molecule has 184 valence electrons. The molecule has 2 saturated heterocycles. The minimum atomic E-state index is -0.392. The summed E-state index contributed by atoms with van der Waals surface area (Å²) in [6.07, 6.45) is 3.37. The predicted octanol–water partition coefficient (Wildman–Crippen LogP) is 3.29. The highest BCUT2D eigenvalue weighted by atomic mass is 35.5. The number of hydrogen-bond donors (Lipinski definition) is 2. The van der Waals surface area contributed by atoms with Crippen molar-refractivity contribution in [2.45, 2.75) is 44.8 Å². The van der Waals surface area contributed by atoms with Crippen molar-refractivity contribution < 1.29 is 4.79 Å². The molecule has 4 rings (SSSR count). The quantitative estimate of drug-likeness (QED) is 0.622. The molecule has 2 aromatic rings. The molecule has 1 aromatic carbocycles. The Bertz CT molecular complexity index is 996. The third-order valence-corrected chi connectivity index (χ3v) is 7.46. The van der Waals surface area contributed by atoms with E-state index in [4.69, 9.17) is 28.9 Å². The zero-order chi connectivity index (χ0) is 24.2. The van der Waals surface area contributed by atoms with Crippen molar-refractivity contribution in [1.29, 1.82) is 0 Å². The number of carbonyl (C=O) groups is 1. The van der Waals surface area contributed by atoms with Crippen molar-refractivity contribution in [1.82, 2.24) is 25.1 Å². The number of benzene rings is 1. The fraction of sp³-hybridized carbons (Fsp3) is 0.542. The van der Waals surface area contributed by atoms with E-state index in [1.807, 2.05) is 12.1 Å². The number of piperidine rings is 1. The zero-order valence-electron chi connectivity index (χ0n) is 19.8. The lowest BCUT2D eigenvalue weighted by atomic mass is 9.98. The number of halogens is 2. The first-order chi connectivity index (χ1) is 16.4. The van der Waals surface area contributed by atoms with Crippen LogP contribution >= 0.6 is 23.2 Å². The molecule has 34 heavy (non-hydrogen) atoms. The van der Waals surface area contributed by atoms with Crippen LogP contribution in [0.4, 0.5) is 11.6 Å². The number of nitrogens with two attached hydrogens (primary N) is 1. The number of rotatable bonds is 6. The number of amides is 1. The second-order valence-corrected chi connectivity index (χ2v) is 9.83. The van der Waals surface area contributed by atoms with Crippen LogP contribution in [0.15, 0.2) is 24.3 Å². The number of hydrogen-bond acceptors (Lipinski definition) is 7. The van der Waals surface area contributed by atoms with Crippen molar-refractivity contribution in [3.63, 3.8) is 0 Å². The van der Waals surface area contributed by atoms with Gasteiger partial charge in [-0.1, -0.05) is 42.3 Å². The van der Waals surface area contributed by atoms with E-state index in [0.29, 0.717) is 17.9 Å². The summed E-state index contributed by atoms with van der Waals surface area (Å²) in [6.45, 7) is 7.95. The van der Waals surface area contributed by atoms with Crippen LogP contribution in [0.3, 0.4) is 0 Å². The predicted molar refractivity (Wildman–Crippen MR) is 138 cm³/mol. The second-order valence-electron chi connectivity index (χ2n) is 9.03. The van der Waals surface area contributed by atoms with Gasteiger partial charge in [0.1, 0.15) is 0 Å². The first-order valence-corrected chi connectivity index (χ1v) is 12.7. The first kappa shape index (κ1) is 25.0. The standard InChI is InChI=1S/C24H33Cl2N7O/c1-3-18-15-32(23-21(26)29-20(22(27)30-23)24(34)28-2)12-13-33(18)19-8-10-31(11-9-19)14-16-4-6-17(25)7-5-16/h4-7,18-19H,3,8-15H2,1-2H3,(H2,27,30)(H,28,34). The van der Waals surface area contributed by atoms with E-state index in [9.17, 15) is 4.79 Å². The monoisotopic (exact) mass is 505 g/mol. The number of nitrogens with one attached hydrogen (secondary N) is 1. The Morgan fingerprint density at radius 2 is 1.82 bits per heavy atom. The minimum absolute atomic E-state index is 0.0623. The lowest BCUT2D eigenvalue weighted by Gasteiger charge is -2.47. The van der Waals surface area contributed by atoms with Gasteiger partial charge in [-0.15, -0.1) is 0 Å². The van der Waals surface area contributed by atoms with Crippen LogP contribution in [0.5, 0.6) is 0 Å². The Labute approximate surface area is 211 Å². The summed E-state index contributed by atoms with van der Waals surface area (Å²) in [6, 6.07) is 9.14. The third kappa shape index (κ3) is 5.57. The van der Waals surface area contributed by atoms with Gasteiger partial charge in [0.05, 0.1) is 0 Å². The lowest BCUT2D eigenvalue weighted by Crippen LogP contribution is -2.58. The highest BCUT2D eigenvalue weighted by Crippen LogP contribution is 2.30. The molecule has 8 nitrogen and oxygen atoms in total. The summed E-state index contributed by atoms with van der Waals surface area (Å²) in [4.78, 5) is 28.0. The molecule has 0 aliphatic carbocycles. The molecule has 1 unspecified atom stereocenters. The molecule has 2 aliphatic rings. The highest BCUT2D eigenvalue weighted by molar-refractivity contribution is 6.32. The van der Waals surface area contributed by atoms with Gasteiger partial charge >= 0.3 is 0 Å². The average Bonchev–Trinajstić information content (AvgIpc) is 2.86. The van der Waals surface area contributed by atoms with E-state index < -0.39 is 5.91 Å². The number of nitrogen functional groups attached to an aromatic ring is 1. The molecule has 0 saturated carbocycles. The van der Waals surface area contributed by atoms with Crippen molar-refractivity contribution in [3.05, 3.63) is 45.7 Å². The van der Waals surface area contributed by atoms with Gasteiger partial charge in [0.15, 0.2) is 22.5 Å². The van der Waals surface area contributed by atoms with Gasteiger partial charge in [-0.3, -0.25) is 14.6 Å². The molecule has 2 fully saturated rings. The summed E-state index contributed by atoms with van der Waals surface area (Å²) in [7, 11) is 1.53. The molecular weight excluding hydrogens is 473 g/mol. The normalized spacial score (nSPS) is 20.5. The van der Waals surface area contributed by atoms with E-state index in [-0.39, 0.29) is 16.7 Å². The van der Waals surface area contributed by atoms with E-state index in [1.165, 1.54) is 25.5 Å². The maximum atomic E-state index is 11.9. The van der Waals surface area contributed by atoms with E-state index in [1.54, 1.807) is 0 Å². The van der Waals surface area contributed by atoms with E-state index in [2.05, 4.69) is 49.0 Å². The van der Waals surface area contributed by atoms with Gasteiger partial charge in [-0.2, -0.15) is 0 Å². The van der Waals surface area contributed by atoms with Gasteiger partial charge < -0.3 is 16.0 Å². The van der Waals surface area contributed by atoms with Crippen molar-refractivity contribution >= 4 is 40.7 Å². The molecule has 1 atom stereocenters. The van der Waals surface area contributed by atoms with Crippen LogP contribution in [0.2, 0.25) is 10.2 Å². The molecule has 0 spiro atoms. The fourth-order valence-electron chi connectivity index (χ4n) is 5.07. The van der Waals surface area contributed by atoms with Crippen LogP contribution < -0.4 is 16.0 Å². The van der Waals surface area contributed by atoms with Crippen LogP contribution in [0.1, 0.15) is 42.2 Å². The summed E-state index contributed by atoms with van der Waals surface area (Å²) < 4.78 is 0. The van der Waals surface area contributed by atoms with Gasteiger partial charge in [0.25, 0.3) is 5.91 Å². The topological polar surface area (TPSA) is 90.6 Å². The minimum Gasteiger partial charge on any atom is -0.382 e. The van der Waals surface area contributed by atoms with E-state index >= 15 is 0 Å². The number of carbonyl (C=O) groups excluding carboxylic acids is 1. The maximum absolute atomic E-state index is 11.9. The molecule has 2 aliphatic heterocycles. The van der Waals surface area contributed by atoms with Crippen LogP contribution in [0, 0.1) is 0 Å². The van der Waals surface area contributed by atoms with Gasteiger partial charge in [0.2, 0.25) is 0 Å². The molecule has 0 radical (unpaired) electrons. The number of aromatic nitrogens is 2. The number of piperazine rings is 1. The Balaban J connectivity index is 1.36. The molecule has 3 heterocycles. The summed E-state index contributed by atoms with van der Waals surface area (Å²) in [5.41, 5.74) is 7.39. The second kappa shape index (κ2) is 11.1. The molecular formula is C24H33Cl2N7O. The Hall–Kier alpha value is -2.13. The van der Waals surface area contributed by atoms with Crippen LogP contribution in [0.25, 0.3) is 0 Å². The Morgan fingerprint density at radius 3 is 2.47 bits per heavy atom. The van der Waals surface area contributed by atoms with Crippen LogP contribution in [-0.4, -0.2) is 77.5 Å². The van der Waals surface area contributed by atoms with Crippen molar-refractivity contribution in [2.24, 2.45) is 0 Å². The molecule has 1 amide bonds. The Kier molecular flexibility index (Phi) is 8.14. The number of nitrogens with zero attached hydrogens (tertiary/aromatic N) is 5.